The van der Waals surface area contributed by atoms with Gasteiger partial charge in [0, 0.05) is 38.3 Å². The topological polar surface area (TPSA) is 53.0 Å². The molecule has 2 aromatic rings. The summed E-state index contributed by atoms with van der Waals surface area (Å²) >= 11 is 0. The van der Waals surface area contributed by atoms with E-state index in [0.717, 1.165) is 36.3 Å². The summed E-state index contributed by atoms with van der Waals surface area (Å²) < 4.78 is 6.03. The highest BCUT2D eigenvalue weighted by Gasteiger charge is 2.31. The Balaban J connectivity index is 1.33. The first-order valence-electron chi connectivity index (χ1n) is 11.5. The van der Waals surface area contributed by atoms with Crippen LogP contribution in [0.15, 0.2) is 54.6 Å². The van der Waals surface area contributed by atoms with Crippen molar-refractivity contribution in [1.82, 2.24) is 9.80 Å². The molecule has 2 atom stereocenters. The third-order valence-electron chi connectivity index (χ3n) is 6.19. The van der Waals surface area contributed by atoms with Crippen LogP contribution in [-0.4, -0.2) is 72.4 Å². The molecule has 1 saturated carbocycles. The molecular formula is C26H34N2O3. The van der Waals surface area contributed by atoms with Crippen molar-refractivity contribution < 1.29 is 14.6 Å². The summed E-state index contributed by atoms with van der Waals surface area (Å²) in [6, 6.07) is 17.9. The first-order chi connectivity index (χ1) is 15.1. The van der Waals surface area contributed by atoms with Gasteiger partial charge in [-0.1, -0.05) is 48.0 Å². The molecule has 166 valence electrons. The van der Waals surface area contributed by atoms with Gasteiger partial charge < -0.3 is 14.7 Å². The number of amides is 1. The van der Waals surface area contributed by atoms with Gasteiger partial charge in [0.25, 0.3) is 5.91 Å². The third-order valence-corrected chi connectivity index (χ3v) is 6.19. The van der Waals surface area contributed by atoms with Gasteiger partial charge in [-0.05, 0) is 49.8 Å². The van der Waals surface area contributed by atoms with Crippen molar-refractivity contribution in [3.8, 4) is 0 Å². The van der Waals surface area contributed by atoms with E-state index < -0.39 is 6.10 Å². The number of aliphatic hydroxyl groups excluding tert-OH is 1. The molecule has 0 radical (unpaired) electrons. The zero-order valence-corrected chi connectivity index (χ0v) is 18.5. The molecule has 0 spiro atoms. The Labute approximate surface area is 185 Å². The van der Waals surface area contributed by atoms with Crippen molar-refractivity contribution >= 4 is 5.91 Å². The fraction of sp³-hybridized carbons (Fsp3) is 0.500. The third kappa shape index (κ3) is 6.63. The zero-order chi connectivity index (χ0) is 21.6. The second-order valence-corrected chi connectivity index (χ2v) is 9.12. The van der Waals surface area contributed by atoms with Crippen molar-refractivity contribution in [3.05, 3.63) is 71.3 Å². The quantitative estimate of drug-likeness (QED) is 0.675. The molecule has 0 unspecified atom stereocenters. The van der Waals surface area contributed by atoms with Crippen LogP contribution in [0.3, 0.4) is 0 Å². The number of aryl methyl sites for hydroxylation is 1. The summed E-state index contributed by atoms with van der Waals surface area (Å²) in [7, 11) is 0. The second-order valence-electron chi connectivity index (χ2n) is 9.12. The highest BCUT2D eigenvalue weighted by molar-refractivity contribution is 5.94. The number of carbonyl (C=O) groups excluding carboxylic acids is 1. The summed E-state index contributed by atoms with van der Waals surface area (Å²) in [4.78, 5) is 17.4. The van der Waals surface area contributed by atoms with Gasteiger partial charge in [-0.2, -0.15) is 0 Å². The van der Waals surface area contributed by atoms with Gasteiger partial charge in [0.05, 0.1) is 18.8 Å². The maximum atomic E-state index is 13.2. The van der Waals surface area contributed by atoms with E-state index in [9.17, 15) is 9.90 Å². The monoisotopic (exact) mass is 422 g/mol. The van der Waals surface area contributed by atoms with Crippen LogP contribution < -0.4 is 0 Å². The van der Waals surface area contributed by atoms with Crippen LogP contribution in [-0.2, 0) is 11.2 Å². The van der Waals surface area contributed by atoms with E-state index in [4.69, 9.17) is 4.74 Å². The van der Waals surface area contributed by atoms with E-state index in [1.165, 1.54) is 12.8 Å². The van der Waals surface area contributed by atoms with Gasteiger partial charge >= 0.3 is 0 Å². The maximum Gasteiger partial charge on any atom is 0.253 e. The molecule has 2 aromatic carbocycles. The molecule has 1 saturated heterocycles. The lowest BCUT2D eigenvalue weighted by atomic mass is 10.1. The van der Waals surface area contributed by atoms with Crippen molar-refractivity contribution in [1.29, 1.82) is 0 Å². The number of β-amino-alcohol motifs (C(OH)–C–C–N with tert-alkyl or cyclic N) is 1. The lowest BCUT2D eigenvalue weighted by Crippen LogP contribution is -2.50. The molecule has 1 N–H and O–H groups in total. The van der Waals surface area contributed by atoms with E-state index in [1.807, 2.05) is 54.3 Å². The van der Waals surface area contributed by atoms with Crippen molar-refractivity contribution in [3.63, 3.8) is 0 Å². The maximum absolute atomic E-state index is 13.2. The van der Waals surface area contributed by atoms with Crippen LogP contribution in [0.2, 0.25) is 0 Å². The summed E-state index contributed by atoms with van der Waals surface area (Å²) in [5.74, 6) is 0.721. The minimum absolute atomic E-state index is 0.0224. The van der Waals surface area contributed by atoms with E-state index >= 15 is 0 Å². The molecule has 5 nitrogen and oxygen atoms in total. The number of morpholine rings is 1. The summed E-state index contributed by atoms with van der Waals surface area (Å²) in [5, 5.41) is 10.6. The molecule has 0 aromatic heterocycles. The number of carbonyl (C=O) groups is 1. The molecule has 1 amide bonds. The molecule has 2 fully saturated rings. The van der Waals surface area contributed by atoms with Crippen molar-refractivity contribution in [2.75, 3.05) is 39.3 Å². The van der Waals surface area contributed by atoms with Crippen LogP contribution in [0.25, 0.3) is 0 Å². The largest absolute Gasteiger partial charge is 0.391 e. The number of rotatable bonds is 9. The van der Waals surface area contributed by atoms with Gasteiger partial charge in [-0.15, -0.1) is 0 Å². The Morgan fingerprint density at radius 1 is 1.13 bits per heavy atom. The van der Waals surface area contributed by atoms with Crippen LogP contribution in [0.4, 0.5) is 0 Å². The molecule has 2 aliphatic rings. The highest BCUT2D eigenvalue weighted by atomic mass is 16.5. The predicted octanol–water partition coefficient (Wildman–Crippen LogP) is 3.15. The molecule has 1 heterocycles. The van der Waals surface area contributed by atoms with Gasteiger partial charge in [-0.25, -0.2) is 0 Å². The van der Waals surface area contributed by atoms with Crippen LogP contribution in [0.5, 0.6) is 0 Å². The molecule has 1 aliphatic heterocycles. The molecular weight excluding hydrogens is 388 g/mol. The molecule has 4 rings (SSSR count). The van der Waals surface area contributed by atoms with E-state index in [2.05, 4.69) is 17.0 Å². The Hall–Kier alpha value is -2.21. The van der Waals surface area contributed by atoms with Gasteiger partial charge in [0.2, 0.25) is 0 Å². The number of aliphatic hydroxyl groups is 1. The Morgan fingerprint density at radius 2 is 1.87 bits per heavy atom. The average molecular weight is 423 g/mol. The Kier molecular flexibility index (Phi) is 7.38. The normalized spacial score (nSPS) is 20.4. The van der Waals surface area contributed by atoms with Crippen molar-refractivity contribution in [2.45, 2.75) is 38.4 Å². The first kappa shape index (κ1) is 22.0. The zero-order valence-electron chi connectivity index (χ0n) is 18.5. The van der Waals surface area contributed by atoms with E-state index in [0.29, 0.717) is 32.0 Å². The number of nitrogens with zero attached hydrogens (tertiary/aromatic N) is 2. The second kappa shape index (κ2) is 10.4. The minimum Gasteiger partial charge on any atom is -0.391 e. The summed E-state index contributed by atoms with van der Waals surface area (Å²) in [5.41, 5.74) is 3.06. The summed E-state index contributed by atoms with van der Waals surface area (Å²) in [6.07, 6.45) is 2.65. The van der Waals surface area contributed by atoms with E-state index in [-0.39, 0.29) is 12.0 Å². The van der Waals surface area contributed by atoms with E-state index in [1.54, 1.807) is 0 Å². The molecule has 0 bridgehead atoms. The van der Waals surface area contributed by atoms with Crippen molar-refractivity contribution in [2.24, 2.45) is 5.92 Å². The summed E-state index contributed by atoms with van der Waals surface area (Å²) in [6.45, 7) is 6.28. The first-order valence-corrected chi connectivity index (χ1v) is 11.5. The average Bonchev–Trinajstić information content (AvgIpc) is 3.58. The number of ether oxygens (including phenoxy) is 1. The Morgan fingerprint density at radius 3 is 2.58 bits per heavy atom. The minimum atomic E-state index is -0.405. The Bertz CT molecular complexity index is 835. The van der Waals surface area contributed by atoms with Gasteiger partial charge in [0.1, 0.15) is 0 Å². The van der Waals surface area contributed by atoms with Crippen LogP contribution in [0.1, 0.15) is 34.3 Å². The number of benzene rings is 2. The lowest BCUT2D eigenvalue weighted by molar-refractivity contribution is -0.0506. The molecule has 1 aliphatic carbocycles. The van der Waals surface area contributed by atoms with Gasteiger partial charge in [0.15, 0.2) is 0 Å². The SMILES string of the molecule is Cc1ccc(C(=O)N(CC2CC2)C[C@H]2CN(C[C@H](O)Cc3ccccc3)CCO2)cc1. The smallest absolute Gasteiger partial charge is 0.253 e. The van der Waals surface area contributed by atoms with Gasteiger partial charge in [-0.3, -0.25) is 9.69 Å². The molecule has 31 heavy (non-hydrogen) atoms. The predicted molar refractivity (Wildman–Crippen MR) is 122 cm³/mol. The van der Waals surface area contributed by atoms with Crippen LogP contribution >= 0.6 is 0 Å². The standard InChI is InChI=1S/C26H34N2O3/c1-20-7-11-23(12-8-20)26(30)28(16-22-9-10-22)19-25-18-27(13-14-31-25)17-24(29)15-21-5-3-2-4-6-21/h2-8,11-12,22,24-25,29H,9-10,13-19H2,1H3/t24-,25-/m1/s1. The fourth-order valence-corrected chi connectivity index (χ4v) is 4.28. The highest BCUT2D eigenvalue weighted by Crippen LogP contribution is 2.30. The van der Waals surface area contributed by atoms with Crippen LogP contribution in [0, 0.1) is 12.8 Å². The fourth-order valence-electron chi connectivity index (χ4n) is 4.28. The lowest BCUT2D eigenvalue weighted by Gasteiger charge is -2.36. The molecule has 5 heteroatoms. The number of hydrogen-bond acceptors (Lipinski definition) is 4. The number of hydrogen-bond donors (Lipinski definition) is 1.